The molecule has 1 aromatic rings. The van der Waals surface area contributed by atoms with Gasteiger partial charge in [0.05, 0.1) is 12.6 Å². The quantitative estimate of drug-likeness (QED) is 0.765. The third-order valence-electron chi connectivity index (χ3n) is 4.68. The Morgan fingerprint density at radius 1 is 1.26 bits per heavy atom. The summed E-state index contributed by atoms with van der Waals surface area (Å²) in [6.07, 6.45) is -0.569. The highest BCUT2D eigenvalue weighted by molar-refractivity contribution is 5.78. The number of hydrogen-bond acceptors (Lipinski definition) is 4. The Morgan fingerprint density at radius 3 is 2.57 bits per heavy atom. The molecular formula is C18H26FNO3. The van der Waals surface area contributed by atoms with E-state index in [1.807, 2.05) is 30.3 Å². The van der Waals surface area contributed by atoms with E-state index in [1.54, 1.807) is 11.8 Å². The lowest BCUT2D eigenvalue weighted by molar-refractivity contribution is -0.120. The number of rotatable bonds is 8. The van der Waals surface area contributed by atoms with E-state index in [2.05, 4.69) is 0 Å². The van der Waals surface area contributed by atoms with Crippen molar-refractivity contribution in [3.63, 3.8) is 0 Å². The molecule has 4 nitrogen and oxygen atoms in total. The Balaban J connectivity index is 2.00. The Bertz CT molecular complexity index is 496. The second kappa shape index (κ2) is 8.52. The molecule has 128 valence electrons. The number of halogens is 1. The number of alkyl halides is 1. The predicted octanol–water partition coefficient (Wildman–Crippen LogP) is 1.73. The van der Waals surface area contributed by atoms with Crippen molar-refractivity contribution in [1.82, 2.24) is 4.90 Å². The first kappa shape index (κ1) is 18.0. The Hall–Kier alpha value is -1.30. The second-order valence-electron chi connectivity index (χ2n) is 6.18. The largest absolute Gasteiger partial charge is 0.395 e. The van der Waals surface area contributed by atoms with Gasteiger partial charge in [-0.1, -0.05) is 37.3 Å². The van der Waals surface area contributed by atoms with E-state index in [4.69, 9.17) is 0 Å². The van der Waals surface area contributed by atoms with Gasteiger partial charge >= 0.3 is 0 Å². The van der Waals surface area contributed by atoms with Crippen molar-refractivity contribution in [2.45, 2.75) is 57.0 Å². The minimum atomic E-state index is -1.51. The molecular weight excluding hydrogens is 297 g/mol. The van der Waals surface area contributed by atoms with Gasteiger partial charge in [-0.3, -0.25) is 9.69 Å². The molecule has 0 saturated carbocycles. The van der Waals surface area contributed by atoms with Crippen molar-refractivity contribution in [3.05, 3.63) is 35.9 Å². The highest BCUT2D eigenvalue weighted by Gasteiger charge is 2.48. The van der Waals surface area contributed by atoms with Crippen LogP contribution in [0.4, 0.5) is 4.39 Å². The molecule has 1 fully saturated rings. The predicted molar refractivity (Wildman–Crippen MR) is 86.9 cm³/mol. The zero-order valence-electron chi connectivity index (χ0n) is 13.6. The van der Waals surface area contributed by atoms with Crippen LogP contribution in [-0.2, 0) is 11.2 Å². The van der Waals surface area contributed by atoms with Crippen molar-refractivity contribution in [3.8, 4) is 0 Å². The number of hydrogen-bond donors (Lipinski definition) is 2. The molecule has 0 aliphatic carbocycles. The summed E-state index contributed by atoms with van der Waals surface area (Å²) in [5.74, 6) is 0.00731. The van der Waals surface area contributed by atoms with Crippen LogP contribution in [0.5, 0.6) is 0 Å². The molecule has 0 unspecified atom stereocenters. The minimum absolute atomic E-state index is 0.00731. The summed E-state index contributed by atoms with van der Waals surface area (Å²) < 4.78 is 14.2. The third-order valence-corrected chi connectivity index (χ3v) is 4.68. The monoisotopic (exact) mass is 323 g/mol. The number of carbonyl (C=O) groups is 1. The summed E-state index contributed by atoms with van der Waals surface area (Å²) in [5, 5.41) is 19.6. The van der Waals surface area contributed by atoms with Crippen molar-refractivity contribution in [1.29, 1.82) is 0 Å². The Kier molecular flexibility index (Phi) is 6.69. The Morgan fingerprint density at radius 2 is 1.96 bits per heavy atom. The standard InChI is InChI=1S/C18H26FNO3/c1-2-14(22)11-15-18(23)17(19)16(12-21)20(15)10-6-9-13-7-4-3-5-8-13/h3-5,7-8,15-18,21,23H,2,6,9-12H2,1H3/t15-,16-,17-,18-/m1/s1. The summed E-state index contributed by atoms with van der Waals surface area (Å²) in [7, 11) is 0. The average Bonchev–Trinajstić information content (AvgIpc) is 2.80. The summed E-state index contributed by atoms with van der Waals surface area (Å²) in [6, 6.07) is 8.73. The van der Waals surface area contributed by atoms with Gasteiger partial charge in [-0.2, -0.15) is 0 Å². The molecule has 1 aliphatic rings. The van der Waals surface area contributed by atoms with Crippen molar-refractivity contribution in [2.75, 3.05) is 13.2 Å². The fourth-order valence-corrected chi connectivity index (χ4v) is 3.33. The fraction of sp³-hybridized carbons (Fsp3) is 0.611. The van der Waals surface area contributed by atoms with Gasteiger partial charge in [0.25, 0.3) is 0 Å². The van der Waals surface area contributed by atoms with E-state index >= 15 is 0 Å². The third kappa shape index (κ3) is 4.37. The average molecular weight is 323 g/mol. The van der Waals surface area contributed by atoms with Crippen molar-refractivity contribution < 1.29 is 19.4 Å². The van der Waals surface area contributed by atoms with Crippen LogP contribution in [0, 0.1) is 0 Å². The number of aliphatic hydroxyl groups is 2. The number of benzene rings is 1. The van der Waals surface area contributed by atoms with Crippen LogP contribution in [-0.4, -0.2) is 58.4 Å². The summed E-state index contributed by atoms with van der Waals surface area (Å²) in [4.78, 5) is 13.5. The maximum Gasteiger partial charge on any atom is 0.145 e. The zero-order valence-corrected chi connectivity index (χ0v) is 13.6. The second-order valence-corrected chi connectivity index (χ2v) is 6.18. The first-order valence-corrected chi connectivity index (χ1v) is 8.32. The van der Waals surface area contributed by atoms with Gasteiger partial charge in [0.2, 0.25) is 0 Å². The van der Waals surface area contributed by atoms with Gasteiger partial charge in [0, 0.05) is 18.9 Å². The lowest BCUT2D eigenvalue weighted by Crippen LogP contribution is -2.42. The first-order chi connectivity index (χ1) is 11.1. The van der Waals surface area contributed by atoms with Crippen LogP contribution in [0.15, 0.2) is 30.3 Å². The summed E-state index contributed by atoms with van der Waals surface area (Å²) >= 11 is 0. The van der Waals surface area contributed by atoms with Crippen LogP contribution in [0.1, 0.15) is 31.7 Å². The molecule has 1 aliphatic heterocycles. The summed E-state index contributed by atoms with van der Waals surface area (Å²) in [5.41, 5.74) is 1.20. The van der Waals surface area contributed by atoms with Crippen LogP contribution in [0.25, 0.3) is 0 Å². The van der Waals surface area contributed by atoms with E-state index in [9.17, 15) is 19.4 Å². The molecule has 0 bridgehead atoms. The minimum Gasteiger partial charge on any atom is -0.395 e. The maximum atomic E-state index is 14.2. The number of nitrogens with zero attached hydrogens (tertiary/aromatic N) is 1. The zero-order chi connectivity index (χ0) is 16.8. The number of Topliss-reactive ketones (excluding diaryl/α,β-unsaturated/α-hetero) is 1. The molecule has 1 aromatic carbocycles. The highest BCUT2D eigenvalue weighted by Crippen LogP contribution is 2.30. The Labute approximate surface area is 136 Å². The topological polar surface area (TPSA) is 60.8 Å². The lowest BCUT2D eigenvalue weighted by atomic mass is 10.0. The van der Waals surface area contributed by atoms with Crippen molar-refractivity contribution >= 4 is 5.78 Å². The van der Waals surface area contributed by atoms with Gasteiger partial charge in [-0.25, -0.2) is 4.39 Å². The molecule has 0 aromatic heterocycles. The molecule has 2 rings (SSSR count). The highest BCUT2D eigenvalue weighted by atomic mass is 19.1. The molecule has 5 heteroatoms. The fourth-order valence-electron chi connectivity index (χ4n) is 3.33. The van der Waals surface area contributed by atoms with E-state index in [0.717, 1.165) is 12.8 Å². The number of aliphatic hydroxyl groups excluding tert-OH is 2. The van der Waals surface area contributed by atoms with Crippen molar-refractivity contribution in [2.24, 2.45) is 0 Å². The first-order valence-electron chi connectivity index (χ1n) is 8.32. The van der Waals surface area contributed by atoms with E-state index in [1.165, 1.54) is 5.56 Å². The van der Waals surface area contributed by atoms with Crippen LogP contribution in [0.3, 0.4) is 0 Å². The van der Waals surface area contributed by atoms with Gasteiger partial charge in [-0.15, -0.1) is 0 Å². The molecule has 0 spiro atoms. The van der Waals surface area contributed by atoms with Gasteiger partial charge in [0.15, 0.2) is 0 Å². The number of aryl methyl sites for hydroxylation is 1. The number of likely N-dealkylation sites (tertiary alicyclic amines) is 1. The van der Waals surface area contributed by atoms with Gasteiger partial charge in [-0.05, 0) is 24.9 Å². The number of ketones is 1. The van der Waals surface area contributed by atoms with E-state index in [0.29, 0.717) is 13.0 Å². The molecule has 0 radical (unpaired) electrons. The lowest BCUT2D eigenvalue weighted by Gasteiger charge is -2.29. The van der Waals surface area contributed by atoms with E-state index < -0.39 is 24.4 Å². The molecule has 0 amide bonds. The van der Waals surface area contributed by atoms with Crippen LogP contribution in [0.2, 0.25) is 0 Å². The maximum absolute atomic E-state index is 14.2. The van der Waals surface area contributed by atoms with Crippen LogP contribution >= 0.6 is 0 Å². The molecule has 1 saturated heterocycles. The molecule has 23 heavy (non-hydrogen) atoms. The SMILES string of the molecule is CCC(=O)C[C@@H]1[C@@H](O)[C@H](F)[C@@H](CO)N1CCCc1ccccc1. The molecule has 2 N–H and O–H groups in total. The van der Waals surface area contributed by atoms with Gasteiger partial charge < -0.3 is 10.2 Å². The molecule has 4 atom stereocenters. The van der Waals surface area contributed by atoms with Gasteiger partial charge in [0.1, 0.15) is 18.1 Å². The van der Waals surface area contributed by atoms with Crippen LogP contribution < -0.4 is 0 Å². The smallest absolute Gasteiger partial charge is 0.145 e. The normalized spacial score (nSPS) is 28.2. The summed E-state index contributed by atoms with van der Waals surface area (Å²) in [6.45, 7) is 1.97. The molecule has 1 heterocycles. The number of carbonyl (C=O) groups excluding carboxylic acids is 1. The van der Waals surface area contributed by atoms with E-state index in [-0.39, 0.29) is 18.8 Å².